The summed E-state index contributed by atoms with van der Waals surface area (Å²) < 4.78 is 2.18. The van der Waals surface area contributed by atoms with E-state index in [9.17, 15) is 9.90 Å². The van der Waals surface area contributed by atoms with Crippen molar-refractivity contribution in [2.24, 2.45) is 5.41 Å². The summed E-state index contributed by atoms with van der Waals surface area (Å²) in [6, 6.07) is 5.79. The average molecular weight is 244 g/mol. The highest BCUT2D eigenvalue weighted by Crippen LogP contribution is 2.56. The molecule has 1 heterocycles. The van der Waals surface area contributed by atoms with Gasteiger partial charge in [0, 0.05) is 6.04 Å². The number of carbonyl (C=O) groups is 1. The molecule has 1 aliphatic rings. The van der Waals surface area contributed by atoms with Crippen LogP contribution in [0, 0.1) is 12.3 Å². The Kier molecular flexibility index (Phi) is 2.09. The van der Waals surface area contributed by atoms with Crippen LogP contribution in [0.4, 0.5) is 0 Å². The van der Waals surface area contributed by atoms with E-state index in [0.29, 0.717) is 11.6 Å². The van der Waals surface area contributed by atoms with E-state index in [1.54, 1.807) is 12.1 Å². The molecule has 1 N–H and O–H groups in total. The number of aryl methyl sites for hydroxylation is 1. The van der Waals surface area contributed by atoms with E-state index >= 15 is 0 Å². The maximum absolute atomic E-state index is 11.2. The number of imidazole rings is 1. The first-order valence-electron chi connectivity index (χ1n) is 6.12. The van der Waals surface area contributed by atoms with E-state index < -0.39 is 5.97 Å². The summed E-state index contributed by atoms with van der Waals surface area (Å²) in [5, 5.41) is 9.19. The minimum atomic E-state index is -0.916. The first kappa shape index (κ1) is 11.3. The highest BCUT2D eigenvalue weighted by Gasteiger charge is 2.48. The van der Waals surface area contributed by atoms with Crippen LogP contribution in [-0.2, 0) is 0 Å². The van der Waals surface area contributed by atoms with Crippen molar-refractivity contribution >= 4 is 17.0 Å². The van der Waals surface area contributed by atoms with Crippen molar-refractivity contribution in [3.63, 3.8) is 0 Å². The SMILES string of the molecule is Cc1nc2c(C(=O)O)cccc2n1C1CC1(C)C. The second-order valence-corrected chi connectivity index (χ2v) is 5.72. The predicted octanol–water partition coefficient (Wildman–Crippen LogP) is 3.01. The van der Waals surface area contributed by atoms with Gasteiger partial charge in [0.15, 0.2) is 0 Å². The Balaban J connectivity index is 2.25. The minimum Gasteiger partial charge on any atom is -0.478 e. The van der Waals surface area contributed by atoms with Crippen LogP contribution in [0.5, 0.6) is 0 Å². The Bertz CT molecular complexity index is 655. The number of hydrogen-bond acceptors (Lipinski definition) is 2. The molecule has 1 atom stereocenters. The molecule has 0 amide bonds. The number of fused-ring (bicyclic) bond motifs is 1. The van der Waals surface area contributed by atoms with Crippen LogP contribution in [0.15, 0.2) is 18.2 Å². The summed E-state index contributed by atoms with van der Waals surface area (Å²) in [7, 11) is 0. The minimum absolute atomic E-state index is 0.285. The summed E-state index contributed by atoms with van der Waals surface area (Å²) in [5.74, 6) is -0.0189. The summed E-state index contributed by atoms with van der Waals surface area (Å²) in [6.45, 7) is 6.40. The van der Waals surface area contributed by atoms with Gasteiger partial charge in [-0.3, -0.25) is 0 Å². The van der Waals surface area contributed by atoms with Crippen LogP contribution in [0.1, 0.15) is 42.5 Å². The Morgan fingerprint density at radius 1 is 1.50 bits per heavy atom. The number of para-hydroxylation sites is 1. The highest BCUT2D eigenvalue weighted by molar-refractivity contribution is 6.01. The van der Waals surface area contributed by atoms with Gasteiger partial charge in [0.2, 0.25) is 0 Å². The number of carboxylic acids is 1. The number of hydrogen-bond donors (Lipinski definition) is 1. The van der Waals surface area contributed by atoms with E-state index in [4.69, 9.17) is 0 Å². The van der Waals surface area contributed by atoms with Crippen LogP contribution in [0.3, 0.4) is 0 Å². The average Bonchev–Trinajstić information content (AvgIpc) is 2.77. The number of benzene rings is 1. The monoisotopic (exact) mass is 244 g/mol. The normalized spacial score (nSPS) is 21.2. The van der Waals surface area contributed by atoms with Gasteiger partial charge in [-0.05, 0) is 30.9 Å². The topological polar surface area (TPSA) is 55.1 Å². The van der Waals surface area contributed by atoms with Gasteiger partial charge in [0.25, 0.3) is 0 Å². The molecule has 4 heteroatoms. The molecular formula is C14H16N2O2. The van der Waals surface area contributed by atoms with Gasteiger partial charge in [-0.1, -0.05) is 19.9 Å². The molecule has 0 saturated heterocycles. The van der Waals surface area contributed by atoms with Crippen molar-refractivity contribution in [2.45, 2.75) is 33.2 Å². The summed E-state index contributed by atoms with van der Waals surface area (Å²) >= 11 is 0. The molecule has 1 aromatic carbocycles. The lowest BCUT2D eigenvalue weighted by Crippen LogP contribution is -2.02. The van der Waals surface area contributed by atoms with E-state index in [0.717, 1.165) is 17.8 Å². The Morgan fingerprint density at radius 2 is 2.17 bits per heavy atom. The molecule has 1 aromatic heterocycles. The molecule has 1 saturated carbocycles. The molecule has 0 aliphatic heterocycles. The van der Waals surface area contributed by atoms with Gasteiger partial charge in [0.1, 0.15) is 11.3 Å². The first-order valence-corrected chi connectivity index (χ1v) is 6.12. The Hall–Kier alpha value is -1.84. The zero-order valence-corrected chi connectivity index (χ0v) is 10.8. The molecule has 0 bridgehead atoms. The molecule has 1 fully saturated rings. The van der Waals surface area contributed by atoms with Gasteiger partial charge in [-0.25, -0.2) is 9.78 Å². The fraction of sp³-hybridized carbons (Fsp3) is 0.429. The van der Waals surface area contributed by atoms with Crippen LogP contribution < -0.4 is 0 Å². The molecule has 4 nitrogen and oxygen atoms in total. The molecule has 94 valence electrons. The maximum atomic E-state index is 11.2. The smallest absolute Gasteiger partial charge is 0.337 e. The number of aromatic carboxylic acids is 1. The third kappa shape index (κ3) is 1.45. The van der Waals surface area contributed by atoms with Crippen LogP contribution in [0.25, 0.3) is 11.0 Å². The fourth-order valence-electron chi connectivity index (χ4n) is 2.68. The van der Waals surface area contributed by atoms with Crippen molar-refractivity contribution in [2.75, 3.05) is 0 Å². The lowest BCUT2D eigenvalue weighted by atomic mass is 10.1. The van der Waals surface area contributed by atoms with Gasteiger partial charge < -0.3 is 9.67 Å². The molecule has 3 rings (SSSR count). The third-order valence-corrected chi connectivity index (χ3v) is 3.90. The summed E-state index contributed by atoms with van der Waals surface area (Å²) in [5.41, 5.74) is 2.11. The number of rotatable bonds is 2. The zero-order chi connectivity index (χ0) is 13.1. The molecule has 0 radical (unpaired) electrons. The zero-order valence-electron chi connectivity index (χ0n) is 10.8. The van der Waals surface area contributed by atoms with E-state index in [2.05, 4.69) is 23.4 Å². The standard InChI is InChI=1S/C14H16N2O2/c1-8-15-12-9(13(17)18)5-4-6-10(12)16(8)11-7-14(11,2)3/h4-6,11H,7H2,1-3H3,(H,17,18). The highest BCUT2D eigenvalue weighted by atomic mass is 16.4. The van der Waals surface area contributed by atoms with Crippen molar-refractivity contribution in [3.8, 4) is 0 Å². The lowest BCUT2D eigenvalue weighted by Gasteiger charge is -2.08. The second kappa shape index (κ2) is 3.34. The second-order valence-electron chi connectivity index (χ2n) is 5.72. The number of nitrogens with zero attached hydrogens (tertiary/aromatic N) is 2. The molecular weight excluding hydrogens is 228 g/mol. The number of carboxylic acid groups (broad SMARTS) is 1. The molecule has 18 heavy (non-hydrogen) atoms. The molecule has 1 aliphatic carbocycles. The Labute approximate surface area is 105 Å². The van der Waals surface area contributed by atoms with E-state index in [1.807, 2.05) is 13.0 Å². The molecule has 1 unspecified atom stereocenters. The quantitative estimate of drug-likeness (QED) is 0.883. The van der Waals surface area contributed by atoms with E-state index in [-0.39, 0.29) is 11.0 Å². The lowest BCUT2D eigenvalue weighted by molar-refractivity contribution is 0.0699. The summed E-state index contributed by atoms with van der Waals surface area (Å²) in [4.78, 5) is 15.6. The van der Waals surface area contributed by atoms with Crippen LogP contribution in [-0.4, -0.2) is 20.6 Å². The molecule has 2 aromatic rings. The van der Waals surface area contributed by atoms with Gasteiger partial charge in [-0.15, -0.1) is 0 Å². The van der Waals surface area contributed by atoms with Gasteiger partial charge in [0.05, 0.1) is 11.1 Å². The maximum Gasteiger partial charge on any atom is 0.337 e. The molecule has 0 spiro atoms. The Morgan fingerprint density at radius 3 is 2.72 bits per heavy atom. The van der Waals surface area contributed by atoms with Gasteiger partial charge >= 0.3 is 5.97 Å². The number of aromatic nitrogens is 2. The van der Waals surface area contributed by atoms with Crippen LogP contribution in [0.2, 0.25) is 0 Å². The van der Waals surface area contributed by atoms with Crippen molar-refractivity contribution < 1.29 is 9.90 Å². The third-order valence-electron chi connectivity index (χ3n) is 3.90. The van der Waals surface area contributed by atoms with E-state index in [1.165, 1.54) is 0 Å². The summed E-state index contributed by atoms with van der Waals surface area (Å²) in [6.07, 6.45) is 1.12. The van der Waals surface area contributed by atoms with Crippen molar-refractivity contribution in [3.05, 3.63) is 29.6 Å². The first-order chi connectivity index (χ1) is 8.42. The van der Waals surface area contributed by atoms with Gasteiger partial charge in [-0.2, -0.15) is 0 Å². The predicted molar refractivity (Wildman–Crippen MR) is 68.9 cm³/mol. The fourth-order valence-corrected chi connectivity index (χ4v) is 2.68. The van der Waals surface area contributed by atoms with Crippen molar-refractivity contribution in [1.29, 1.82) is 0 Å². The van der Waals surface area contributed by atoms with Crippen LogP contribution >= 0.6 is 0 Å². The van der Waals surface area contributed by atoms with Crippen molar-refractivity contribution in [1.82, 2.24) is 9.55 Å². The largest absolute Gasteiger partial charge is 0.478 e.